The van der Waals surface area contributed by atoms with Crippen molar-refractivity contribution in [1.82, 2.24) is 0 Å². The Labute approximate surface area is 97.8 Å². The summed E-state index contributed by atoms with van der Waals surface area (Å²) in [6, 6.07) is 18.8. The van der Waals surface area contributed by atoms with Crippen LogP contribution in [-0.2, 0) is 6.61 Å². The molecule has 0 saturated heterocycles. The van der Waals surface area contributed by atoms with E-state index in [1.165, 1.54) is 0 Å². The van der Waals surface area contributed by atoms with Crippen molar-refractivity contribution < 1.29 is 4.74 Å². The zero-order valence-electron chi connectivity index (χ0n) is 8.11. The average molecular weight is 262 g/mol. The lowest BCUT2D eigenvalue weighted by molar-refractivity contribution is 0.305. The Balaban J connectivity index is 1.96. The van der Waals surface area contributed by atoms with Gasteiger partial charge < -0.3 is 4.74 Å². The molecule has 0 bridgehead atoms. The molecule has 2 aromatic carbocycles. The predicted octanol–water partition coefficient (Wildman–Crippen LogP) is 3.83. The maximum absolute atomic E-state index is 5.57. The van der Waals surface area contributed by atoms with Gasteiger partial charge >= 0.3 is 0 Å². The lowest BCUT2D eigenvalue weighted by Gasteiger charge is -2.05. The average Bonchev–Trinajstić information content (AvgIpc) is 2.30. The Kier molecular flexibility index (Phi) is 3.41. The third-order valence-electron chi connectivity index (χ3n) is 1.98. The van der Waals surface area contributed by atoms with Crippen molar-refractivity contribution in [3.05, 3.63) is 64.6 Å². The molecule has 2 rings (SSSR count). The fraction of sp³-hybridized carbons (Fsp3) is 0.0769. The molecule has 0 amide bonds. The van der Waals surface area contributed by atoms with E-state index in [1.54, 1.807) is 0 Å². The van der Waals surface area contributed by atoms with Crippen LogP contribution in [0.3, 0.4) is 0 Å². The fourth-order valence-electron chi connectivity index (χ4n) is 1.22. The van der Waals surface area contributed by atoms with Gasteiger partial charge in [0.25, 0.3) is 0 Å². The molecule has 0 unspecified atom stereocenters. The van der Waals surface area contributed by atoms with Crippen molar-refractivity contribution in [2.24, 2.45) is 0 Å². The third-order valence-corrected chi connectivity index (χ3v) is 2.48. The Bertz CT molecular complexity index is 408. The van der Waals surface area contributed by atoms with Crippen molar-refractivity contribution in [3.8, 4) is 5.75 Å². The van der Waals surface area contributed by atoms with Crippen LogP contribution in [0.1, 0.15) is 5.56 Å². The van der Waals surface area contributed by atoms with Gasteiger partial charge in [0.05, 0.1) is 0 Å². The van der Waals surface area contributed by atoms with Gasteiger partial charge in [-0.25, -0.2) is 0 Å². The number of benzene rings is 2. The van der Waals surface area contributed by atoms with Crippen molar-refractivity contribution in [3.63, 3.8) is 0 Å². The quantitative estimate of drug-likeness (QED) is 0.816. The number of ether oxygens (including phenoxy) is 1. The second kappa shape index (κ2) is 4.99. The van der Waals surface area contributed by atoms with Gasteiger partial charge in [0.15, 0.2) is 0 Å². The van der Waals surface area contributed by atoms with Crippen molar-refractivity contribution in [2.75, 3.05) is 0 Å². The van der Waals surface area contributed by atoms with E-state index in [4.69, 9.17) is 4.74 Å². The summed E-state index contributed by atoms with van der Waals surface area (Å²) >= 11 is 3.35. The van der Waals surface area contributed by atoms with Crippen LogP contribution >= 0.6 is 15.9 Å². The molecule has 0 aliphatic rings. The lowest BCUT2D eigenvalue weighted by Crippen LogP contribution is -1.94. The molecule has 75 valence electrons. The second-order valence-electron chi connectivity index (χ2n) is 3.15. The molecule has 15 heavy (non-hydrogen) atoms. The first-order valence-corrected chi connectivity index (χ1v) is 5.48. The molecule has 1 radical (unpaired) electrons. The minimum Gasteiger partial charge on any atom is -0.488 e. The normalized spacial score (nSPS) is 9.93. The van der Waals surface area contributed by atoms with Crippen LogP contribution < -0.4 is 4.74 Å². The topological polar surface area (TPSA) is 9.23 Å². The predicted molar refractivity (Wildman–Crippen MR) is 63.8 cm³/mol. The smallest absolute Gasteiger partial charge is 0.127 e. The largest absolute Gasteiger partial charge is 0.488 e. The van der Waals surface area contributed by atoms with Gasteiger partial charge in [0, 0.05) is 10.5 Å². The second-order valence-corrected chi connectivity index (χ2v) is 4.06. The maximum atomic E-state index is 5.57. The van der Waals surface area contributed by atoms with Crippen molar-refractivity contribution in [1.29, 1.82) is 0 Å². The van der Waals surface area contributed by atoms with Crippen LogP contribution in [0.5, 0.6) is 5.75 Å². The van der Waals surface area contributed by atoms with Gasteiger partial charge in [-0.3, -0.25) is 0 Å². The summed E-state index contributed by atoms with van der Waals surface area (Å²) in [6.45, 7) is 0.582. The van der Waals surface area contributed by atoms with Crippen LogP contribution in [0.2, 0.25) is 0 Å². The van der Waals surface area contributed by atoms with E-state index in [0.29, 0.717) is 6.61 Å². The van der Waals surface area contributed by atoms with E-state index in [2.05, 4.69) is 22.0 Å². The van der Waals surface area contributed by atoms with Crippen LogP contribution in [0.15, 0.2) is 53.0 Å². The Morgan fingerprint density at radius 2 is 1.87 bits per heavy atom. The van der Waals surface area contributed by atoms with E-state index in [0.717, 1.165) is 15.8 Å². The molecule has 0 aromatic heterocycles. The molecule has 0 N–H and O–H groups in total. The van der Waals surface area contributed by atoms with Gasteiger partial charge in [-0.2, -0.15) is 0 Å². The number of halogens is 1. The first kappa shape index (κ1) is 10.2. The molecule has 0 heterocycles. The van der Waals surface area contributed by atoms with Crippen LogP contribution in [0.4, 0.5) is 0 Å². The highest BCUT2D eigenvalue weighted by molar-refractivity contribution is 9.10. The van der Waals surface area contributed by atoms with Gasteiger partial charge in [0.2, 0.25) is 0 Å². The molecule has 0 aliphatic heterocycles. The lowest BCUT2D eigenvalue weighted by atomic mass is 10.2. The molecular formula is C13H10BrO. The van der Waals surface area contributed by atoms with Crippen LogP contribution in [0, 0.1) is 6.07 Å². The number of hydrogen-bond acceptors (Lipinski definition) is 1. The molecule has 0 aliphatic carbocycles. The van der Waals surface area contributed by atoms with E-state index in [9.17, 15) is 0 Å². The molecule has 0 atom stereocenters. The molecular weight excluding hydrogens is 252 g/mol. The highest BCUT2D eigenvalue weighted by Crippen LogP contribution is 2.16. The molecule has 1 nitrogen and oxygen atoms in total. The van der Waals surface area contributed by atoms with Crippen molar-refractivity contribution in [2.45, 2.75) is 6.61 Å². The van der Waals surface area contributed by atoms with Gasteiger partial charge in [-0.1, -0.05) is 46.3 Å². The summed E-state index contributed by atoms with van der Waals surface area (Å²) in [5.41, 5.74) is 1.16. The standard InChI is InChI=1S/C13H10BrO/c14-12-6-8-13(9-7-12)15-10-11-4-2-1-3-5-11/h1-8H,10H2. The minimum absolute atomic E-state index is 0.582. The highest BCUT2D eigenvalue weighted by Gasteiger charge is 1.95. The van der Waals surface area contributed by atoms with Gasteiger partial charge in [-0.05, 0) is 23.8 Å². The Morgan fingerprint density at radius 3 is 2.53 bits per heavy atom. The summed E-state index contributed by atoms with van der Waals surface area (Å²) in [5.74, 6) is 0.766. The summed E-state index contributed by atoms with van der Waals surface area (Å²) in [4.78, 5) is 0. The van der Waals surface area contributed by atoms with E-state index in [1.807, 2.05) is 48.5 Å². The summed E-state index contributed by atoms with van der Waals surface area (Å²) in [6.07, 6.45) is 0. The number of hydrogen-bond donors (Lipinski definition) is 0. The first-order chi connectivity index (χ1) is 7.34. The van der Waals surface area contributed by atoms with E-state index >= 15 is 0 Å². The van der Waals surface area contributed by atoms with E-state index < -0.39 is 0 Å². The Hall–Kier alpha value is -1.28. The zero-order valence-corrected chi connectivity index (χ0v) is 9.70. The number of rotatable bonds is 3. The van der Waals surface area contributed by atoms with E-state index in [-0.39, 0.29) is 0 Å². The molecule has 2 heteroatoms. The molecule has 0 spiro atoms. The summed E-state index contributed by atoms with van der Waals surface area (Å²) in [5, 5.41) is 0. The first-order valence-electron chi connectivity index (χ1n) is 4.68. The van der Waals surface area contributed by atoms with Crippen molar-refractivity contribution >= 4 is 15.9 Å². The highest BCUT2D eigenvalue weighted by atomic mass is 79.9. The fourth-order valence-corrected chi connectivity index (χ4v) is 1.46. The molecule has 2 aromatic rings. The SMILES string of the molecule is Brc1c[c]c(OCc2ccccc2)cc1. The minimum atomic E-state index is 0.582. The monoisotopic (exact) mass is 261 g/mol. The molecule has 0 saturated carbocycles. The van der Waals surface area contributed by atoms with Gasteiger partial charge in [-0.15, -0.1) is 0 Å². The zero-order chi connectivity index (χ0) is 10.5. The Morgan fingerprint density at radius 1 is 1.07 bits per heavy atom. The molecule has 0 fully saturated rings. The summed E-state index contributed by atoms with van der Waals surface area (Å²) < 4.78 is 6.58. The van der Waals surface area contributed by atoms with Crippen LogP contribution in [0.25, 0.3) is 0 Å². The maximum Gasteiger partial charge on any atom is 0.127 e. The summed E-state index contributed by atoms with van der Waals surface area (Å²) in [7, 11) is 0. The third kappa shape index (κ3) is 3.10. The van der Waals surface area contributed by atoms with Crippen LogP contribution in [-0.4, -0.2) is 0 Å². The van der Waals surface area contributed by atoms with Gasteiger partial charge in [0.1, 0.15) is 12.4 Å².